The van der Waals surface area contributed by atoms with Crippen LogP contribution in [0, 0.1) is 11.8 Å². The number of carbonyl (C=O) groups is 3. The van der Waals surface area contributed by atoms with Crippen LogP contribution in [0.15, 0.2) is 49.6 Å². The number of para-hydroxylation sites is 1. The van der Waals surface area contributed by atoms with Crippen molar-refractivity contribution in [2.24, 2.45) is 11.8 Å². The maximum Gasteiger partial charge on any atom is 0.311 e. The zero-order chi connectivity index (χ0) is 28.3. The van der Waals surface area contributed by atoms with Gasteiger partial charge in [-0.05, 0) is 37.8 Å². The number of unbranched alkanes of at least 4 members (excludes halogenated alkanes) is 3. The van der Waals surface area contributed by atoms with E-state index in [0.29, 0.717) is 25.8 Å². The molecule has 10 nitrogen and oxygen atoms in total. The Kier molecular flexibility index (Phi) is 8.60. The minimum atomic E-state index is -0.704. The fraction of sp³-hybridized carbons (Fsp3) is 0.552. The Morgan fingerprint density at radius 1 is 1.20 bits per heavy atom. The van der Waals surface area contributed by atoms with Gasteiger partial charge in [-0.15, -0.1) is 23.4 Å². The number of benzene rings is 1. The topological polar surface area (TPSA) is 118 Å². The maximum atomic E-state index is 14.5. The number of rotatable bonds is 14. The van der Waals surface area contributed by atoms with Crippen LogP contribution < -0.4 is 0 Å². The van der Waals surface area contributed by atoms with Crippen molar-refractivity contribution in [2.75, 3.05) is 26.3 Å². The fourth-order valence-corrected chi connectivity index (χ4v) is 8.86. The van der Waals surface area contributed by atoms with Gasteiger partial charge in [0.2, 0.25) is 11.8 Å². The van der Waals surface area contributed by atoms with Crippen LogP contribution in [0.1, 0.15) is 38.5 Å². The van der Waals surface area contributed by atoms with E-state index in [9.17, 15) is 14.4 Å². The summed E-state index contributed by atoms with van der Waals surface area (Å²) in [4.78, 5) is 45.2. The Labute approximate surface area is 238 Å². The van der Waals surface area contributed by atoms with Gasteiger partial charge in [0.25, 0.3) is 0 Å². The van der Waals surface area contributed by atoms with Crippen molar-refractivity contribution in [3.05, 3.63) is 49.6 Å². The van der Waals surface area contributed by atoms with E-state index in [4.69, 9.17) is 9.84 Å². The van der Waals surface area contributed by atoms with Gasteiger partial charge >= 0.3 is 5.97 Å². The predicted octanol–water partition coefficient (Wildman–Crippen LogP) is 2.78. The van der Waals surface area contributed by atoms with Gasteiger partial charge in [-0.25, -0.2) is 4.68 Å². The molecular formula is C29H37N5O5S. The fourth-order valence-electron chi connectivity index (χ4n) is 6.66. The van der Waals surface area contributed by atoms with Gasteiger partial charge in [0.1, 0.15) is 24.8 Å². The summed E-state index contributed by atoms with van der Waals surface area (Å²) >= 11 is 1.63. The number of thioether (sulfide) groups is 1. The quantitative estimate of drug-likeness (QED) is 0.210. The molecule has 5 rings (SSSR count). The first-order chi connectivity index (χ1) is 19.5. The van der Waals surface area contributed by atoms with Crippen LogP contribution in [0.5, 0.6) is 0 Å². The van der Waals surface area contributed by atoms with E-state index < -0.39 is 22.6 Å². The van der Waals surface area contributed by atoms with Crippen molar-refractivity contribution in [1.82, 2.24) is 24.8 Å². The normalized spacial score (nSPS) is 26.7. The number of aliphatic hydroxyl groups is 1. The van der Waals surface area contributed by atoms with E-state index in [1.807, 2.05) is 24.3 Å². The van der Waals surface area contributed by atoms with Crippen LogP contribution in [0.2, 0.25) is 0 Å². The lowest BCUT2D eigenvalue weighted by Gasteiger charge is -2.37. The molecule has 0 aliphatic carbocycles. The molecule has 1 aromatic carbocycles. The number of aliphatic hydroxyl groups excluding tert-OH is 1. The molecule has 1 aromatic heterocycles. The number of amides is 2. The van der Waals surface area contributed by atoms with Crippen LogP contribution in [-0.4, -0.2) is 90.0 Å². The van der Waals surface area contributed by atoms with Crippen LogP contribution in [0.4, 0.5) is 0 Å². The number of likely N-dealkylation sites (tertiary alicyclic amines) is 1. The monoisotopic (exact) mass is 567 g/mol. The van der Waals surface area contributed by atoms with Crippen molar-refractivity contribution in [2.45, 2.75) is 61.2 Å². The Morgan fingerprint density at radius 3 is 2.77 bits per heavy atom. The Morgan fingerprint density at radius 2 is 2.00 bits per heavy atom. The van der Waals surface area contributed by atoms with Gasteiger partial charge in [0, 0.05) is 24.9 Å². The summed E-state index contributed by atoms with van der Waals surface area (Å²) in [6.07, 6.45) is 7.75. The van der Waals surface area contributed by atoms with E-state index in [0.717, 1.165) is 30.3 Å². The molecule has 11 heteroatoms. The van der Waals surface area contributed by atoms with Crippen LogP contribution >= 0.6 is 11.8 Å². The standard InChI is InChI=1S/C29H37N5O5S/c1-3-15-32(19-34-21-12-8-7-11-20(21)30-31-34)27(37)25-29-14-13-22(40-29)23(28(38)39-18-4-2)24(29)26(36)33(25)16-9-5-6-10-17-35/h3-4,7-8,11-12,22-25,35H,1-2,5-6,9-10,13-19H2/t22-,23+,24-,25?,29?/m0/s1. The highest BCUT2D eigenvalue weighted by Crippen LogP contribution is 2.66. The predicted molar refractivity (Wildman–Crippen MR) is 152 cm³/mol. The molecule has 3 fully saturated rings. The third-order valence-corrected chi connectivity index (χ3v) is 10.3. The minimum absolute atomic E-state index is 0.0552. The highest BCUT2D eigenvalue weighted by atomic mass is 32.2. The van der Waals surface area contributed by atoms with Crippen molar-refractivity contribution in [3.8, 4) is 0 Å². The Balaban J connectivity index is 1.46. The van der Waals surface area contributed by atoms with Crippen LogP contribution in [0.25, 0.3) is 11.0 Å². The summed E-state index contributed by atoms with van der Waals surface area (Å²) in [5.74, 6) is -1.87. The molecule has 0 saturated carbocycles. The van der Waals surface area contributed by atoms with Crippen LogP contribution in [-0.2, 0) is 25.8 Å². The number of carbonyl (C=O) groups excluding carboxylic acids is 3. The molecule has 2 unspecified atom stereocenters. The lowest BCUT2D eigenvalue weighted by atomic mass is 9.71. The summed E-state index contributed by atoms with van der Waals surface area (Å²) < 4.78 is 6.44. The van der Waals surface area contributed by atoms with E-state index in [1.54, 1.807) is 32.3 Å². The molecule has 3 aliphatic rings. The zero-order valence-corrected chi connectivity index (χ0v) is 23.5. The molecule has 5 atom stereocenters. The number of ether oxygens (including phenoxy) is 1. The number of hydrogen-bond acceptors (Lipinski definition) is 8. The number of aromatic nitrogens is 3. The molecule has 214 valence electrons. The van der Waals surface area contributed by atoms with E-state index in [-0.39, 0.29) is 49.5 Å². The molecule has 4 heterocycles. The van der Waals surface area contributed by atoms with Gasteiger partial charge in [-0.3, -0.25) is 14.4 Å². The molecular weight excluding hydrogens is 530 g/mol. The van der Waals surface area contributed by atoms with E-state index in [2.05, 4.69) is 23.5 Å². The SMILES string of the molecule is C=CCOC(=O)[C@@H]1[C@@H]2CCC3(S2)C(C(=O)N(CC=C)Cn2nnc4ccccc42)N(CCCCCCO)C(=O)[C@H]13. The summed E-state index contributed by atoms with van der Waals surface area (Å²) in [5.41, 5.74) is 1.54. The first-order valence-electron chi connectivity index (χ1n) is 14.0. The van der Waals surface area contributed by atoms with Gasteiger partial charge in [0.05, 0.1) is 22.1 Å². The molecule has 0 radical (unpaired) electrons. The zero-order valence-electron chi connectivity index (χ0n) is 22.7. The van der Waals surface area contributed by atoms with Crippen molar-refractivity contribution in [1.29, 1.82) is 0 Å². The summed E-state index contributed by atoms with van der Waals surface area (Å²) in [6.45, 7) is 8.60. The lowest BCUT2D eigenvalue weighted by Crippen LogP contribution is -2.55. The molecule has 1 spiro atoms. The largest absolute Gasteiger partial charge is 0.461 e. The number of hydrogen-bond donors (Lipinski definition) is 1. The van der Waals surface area contributed by atoms with Crippen molar-refractivity contribution >= 4 is 40.6 Å². The second-order valence-electron chi connectivity index (χ2n) is 10.7. The van der Waals surface area contributed by atoms with Gasteiger partial charge in [-0.2, -0.15) is 0 Å². The summed E-state index contributed by atoms with van der Waals surface area (Å²) in [5, 5.41) is 17.6. The number of nitrogens with zero attached hydrogens (tertiary/aromatic N) is 5. The highest BCUT2D eigenvalue weighted by molar-refractivity contribution is 8.02. The van der Waals surface area contributed by atoms with E-state index in [1.165, 1.54) is 6.08 Å². The van der Waals surface area contributed by atoms with Crippen molar-refractivity contribution in [3.63, 3.8) is 0 Å². The van der Waals surface area contributed by atoms with Crippen molar-refractivity contribution < 1.29 is 24.2 Å². The van der Waals surface area contributed by atoms with Gasteiger partial charge in [0.15, 0.2) is 0 Å². The van der Waals surface area contributed by atoms with Gasteiger partial charge in [-0.1, -0.05) is 48.9 Å². The molecule has 3 saturated heterocycles. The molecule has 2 aromatic rings. The smallest absolute Gasteiger partial charge is 0.311 e. The van der Waals surface area contributed by atoms with Crippen LogP contribution in [0.3, 0.4) is 0 Å². The molecule has 2 amide bonds. The van der Waals surface area contributed by atoms with Gasteiger partial charge < -0.3 is 19.6 Å². The summed E-state index contributed by atoms with van der Waals surface area (Å²) in [7, 11) is 0. The molecule has 2 bridgehead atoms. The number of fused-ring (bicyclic) bond motifs is 2. The first kappa shape index (κ1) is 28.4. The second-order valence-corrected chi connectivity index (χ2v) is 12.3. The third kappa shape index (κ3) is 4.94. The Bertz CT molecular complexity index is 1280. The molecule has 40 heavy (non-hydrogen) atoms. The summed E-state index contributed by atoms with van der Waals surface area (Å²) in [6, 6.07) is 6.87. The lowest BCUT2D eigenvalue weighted by molar-refractivity contribution is -0.153. The minimum Gasteiger partial charge on any atom is -0.461 e. The number of esters is 1. The van der Waals surface area contributed by atoms with E-state index >= 15 is 0 Å². The second kappa shape index (κ2) is 12.1. The third-order valence-electron chi connectivity index (χ3n) is 8.34. The maximum absolute atomic E-state index is 14.5. The molecule has 3 aliphatic heterocycles. The Hall–Kier alpha value is -3.18. The average molecular weight is 568 g/mol. The average Bonchev–Trinajstić information content (AvgIpc) is 3.71. The highest BCUT2D eigenvalue weighted by Gasteiger charge is 2.74. The molecule has 1 N–H and O–H groups in total. The first-order valence-corrected chi connectivity index (χ1v) is 14.9.